The average molecular weight is 702 g/mol. The zero-order valence-corrected chi connectivity index (χ0v) is 34.6. The molecule has 0 aliphatic rings. The fraction of sp³-hybridized carbons (Fsp3) is 1.00. The molecule has 0 fully saturated rings. The van der Waals surface area contributed by atoms with Gasteiger partial charge in [0, 0.05) is 51.6 Å². The molecule has 0 spiro atoms. The maximum absolute atomic E-state index is 8.75. The maximum atomic E-state index is 8.75. The van der Waals surface area contributed by atoms with Gasteiger partial charge in [-0.15, -0.1) is 0 Å². The number of hydrogen-bond acceptors (Lipinski definition) is 5. The molecule has 6 heteroatoms. The Labute approximate surface area is 303 Å². The van der Waals surface area contributed by atoms with Gasteiger partial charge >= 0.3 is 0 Å². The third kappa shape index (κ3) is 51.2. The molecule has 5 nitrogen and oxygen atoms in total. The van der Waals surface area contributed by atoms with Crippen LogP contribution in [-0.2, 0) is 18.6 Å². The van der Waals surface area contributed by atoms with E-state index in [2.05, 4.69) is 69.2 Å². The minimum Gasteiger partial charge on any atom is -0.396 e. The Morgan fingerprint density at radius 1 is 0.283 bits per heavy atom. The molecule has 0 amide bonds. The number of aliphatic hydroxyl groups is 5. The number of unbranched alkanes of at least 4 members (excludes halogenated alkanes) is 5. The molecule has 46 heavy (non-hydrogen) atoms. The van der Waals surface area contributed by atoms with E-state index in [1.54, 1.807) is 0 Å². The molecular formula is C40H90O5V. The Bertz CT molecular complexity index is 342. The van der Waals surface area contributed by atoms with E-state index >= 15 is 0 Å². The number of hydrogen-bond donors (Lipinski definition) is 5. The summed E-state index contributed by atoms with van der Waals surface area (Å²) in [5.74, 6) is 2.80. The van der Waals surface area contributed by atoms with E-state index in [1.165, 1.54) is 96.3 Å². The molecule has 0 aliphatic heterocycles. The molecule has 0 aromatic carbocycles. The van der Waals surface area contributed by atoms with Crippen LogP contribution < -0.4 is 0 Å². The number of aliphatic hydroxyl groups excluding tert-OH is 5. The molecule has 0 aromatic heterocycles. The summed E-state index contributed by atoms with van der Waals surface area (Å²) in [6, 6.07) is 0. The second-order valence-corrected chi connectivity index (χ2v) is 13.0. The topological polar surface area (TPSA) is 101 Å². The maximum Gasteiger partial charge on any atom is 0.0459 e. The van der Waals surface area contributed by atoms with Crippen LogP contribution in [0.15, 0.2) is 0 Å². The molecule has 285 valence electrons. The van der Waals surface area contributed by atoms with Crippen molar-refractivity contribution in [2.45, 2.75) is 198 Å². The smallest absolute Gasteiger partial charge is 0.0459 e. The predicted molar refractivity (Wildman–Crippen MR) is 202 cm³/mol. The van der Waals surface area contributed by atoms with Crippen molar-refractivity contribution in [3.63, 3.8) is 0 Å². The van der Waals surface area contributed by atoms with Crippen molar-refractivity contribution >= 4 is 0 Å². The van der Waals surface area contributed by atoms with Gasteiger partial charge in [0.05, 0.1) is 0 Å². The molecule has 5 N–H and O–H groups in total. The van der Waals surface area contributed by atoms with Gasteiger partial charge in [-0.3, -0.25) is 0 Å². The van der Waals surface area contributed by atoms with Gasteiger partial charge in [0.1, 0.15) is 0 Å². The van der Waals surface area contributed by atoms with E-state index in [-0.39, 0.29) is 18.6 Å². The van der Waals surface area contributed by atoms with Crippen LogP contribution in [0.1, 0.15) is 198 Å². The van der Waals surface area contributed by atoms with Crippen molar-refractivity contribution in [3.05, 3.63) is 0 Å². The molecule has 0 aliphatic carbocycles. The second-order valence-electron chi connectivity index (χ2n) is 13.0. The van der Waals surface area contributed by atoms with Crippen molar-refractivity contribution in [1.29, 1.82) is 0 Å². The van der Waals surface area contributed by atoms with E-state index in [1.807, 2.05) is 0 Å². The van der Waals surface area contributed by atoms with Crippen molar-refractivity contribution in [1.82, 2.24) is 0 Å². The van der Waals surface area contributed by atoms with E-state index in [9.17, 15) is 0 Å². The summed E-state index contributed by atoms with van der Waals surface area (Å²) >= 11 is 0. The summed E-state index contributed by atoms with van der Waals surface area (Å²) in [4.78, 5) is 0. The quantitative estimate of drug-likeness (QED) is 0.0652. The van der Waals surface area contributed by atoms with Gasteiger partial charge in [-0.05, 0) is 61.7 Å². The Morgan fingerprint density at radius 3 is 0.478 bits per heavy atom. The normalized spacial score (nSPS) is 13.4. The van der Waals surface area contributed by atoms with Crippen molar-refractivity contribution < 1.29 is 44.1 Å². The largest absolute Gasteiger partial charge is 0.396 e. The van der Waals surface area contributed by atoms with Crippen LogP contribution in [0.3, 0.4) is 0 Å². The molecule has 1 radical (unpaired) electrons. The van der Waals surface area contributed by atoms with Crippen molar-refractivity contribution in [2.24, 2.45) is 29.6 Å². The van der Waals surface area contributed by atoms with E-state index < -0.39 is 0 Å². The summed E-state index contributed by atoms with van der Waals surface area (Å²) in [6.07, 6.45) is 24.1. The molecule has 0 rings (SSSR count). The van der Waals surface area contributed by atoms with Crippen LogP contribution in [0.4, 0.5) is 0 Å². The van der Waals surface area contributed by atoms with Crippen molar-refractivity contribution in [2.75, 3.05) is 33.0 Å². The third-order valence-electron chi connectivity index (χ3n) is 9.01. The van der Waals surface area contributed by atoms with Crippen LogP contribution in [-0.4, -0.2) is 58.6 Å². The van der Waals surface area contributed by atoms with Crippen LogP contribution in [0.2, 0.25) is 0 Å². The Balaban J connectivity index is -0.000000108. The Morgan fingerprint density at radius 2 is 0.413 bits per heavy atom. The monoisotopic (exact) mass is 702 g/mol. The molecule has 0 aromatic rings. The molecule has 5 atom stereocenters. The van der Waals surface area contributed by atoms with Crippen LogP contribution >= 0.6 is 0 Å². The minimum atomic E-state index is 0. The van der Waals surface area contributed by atoms with E-state index in [4.69, 9.17) is 25.5 Å². The molecule has 0 bridgehead atoms. The van der Waals surface area contributed by atoms with Gasteiger partial charge in [0.15, 0.2) is 0 Å². The van der Waals surface area contributed by atoms with E-state index in [0.717, 1.165) is 32.1 Å². The third-order valence-corrected chi connectivity index (χ3v) is 9.01. The standard InChI is InChI=1S/5C8H18O.V/c5*1-3-5-6-8(4-2)7-9;/h5*8-9H,3-7H2,1-2H3;. The zero-order valence-electron chi connectivity index (χ0n) is 33.2. The fourth-order valence-electron chi connectivity index (χ4n) is 4.59. The first-order valence-corrected chi connectivity index (χ1v) is 19.8. The summed E-state index contributed by atoms with van der Waals surface area (Å²) in [5.41, 5.74) is 0. The predicted octanol–water partition coefficient (Wildman–Crippen LogP) is 11.0. The minimum absolute atomic E-state index is 0. The van der Waals surface area contributed by atoms with Gasteiger partial charge in [0.25, 0.3) is 0 Å². The average Bonchev–Trinajstić information content (AvgIpc) is 3.08. The van der Waals surface area contributed by atoms with E-state index in [0.29, 0.717) is 62.6 Å². The van der Waals surface area contributed by atoms with Gasteiger partial charge < -0.3 is 25.5 Å². The summed E-state index contributed by atoms with van der Waals surface area (Å²) < 4.78 is 0. The Hall–Kier alpha value is 0.384. The van der Waals surface area contributed by atoms with Crippen molar-refractivity contribution in [3.8, 4) is 0 Å². The second kappa shape index (κ2) is 54.8. The summed E-state index contributed by atoms with van der Waals surface area (Å²) in [7, 11) is 0. The molecule has 5 unspecified atom stereocenters. The zero-order chi connectivity index (χ0) is 35.6. The van der Waals surface area contributed by atoms with Crippen LogP contribution in [0, 0.1) is 29.6 Å². The fourth-order valence-corrected chi connectivity index (χ4v) is 4.59. The molecular weight excluding hydrogens is 611 g/mol. The first kappa shape index (κ1) is 58.6. The Kier molecular flexibility index (Phi) is 69.8. The number of rotatable bonds is 25. The van der Waals surface area contributed by atoms with Gasteiger partial charge in [-0.25, -0.2) is 0 Å². The molecule has 0 saturated heterocycles. The SMILES string of the molecule is CCCCC(CC)CO.CCCCC(CC)CO.CCCCC(CC)CO.CCCCC(CC)CO.CCCCC(CC)CO.[V]. The molecule has 0 saturated carbocycles. The van der Waals surface area contributed by atoms with Crippen LogP contribution in [0.5, 0.6) is 0 Å². The van der Waals surface area contributed by atoms with Gasteiger partial charge in [-0.1, -0.05) is 166 Å². The summed E-state index contributed by atoms with van der Waals surface area (Å²) in [5, 5.41) is 43.8. The first-order chi connectivity index (χ1) is 21.7. The van der Waals surface area contributed by atoms with Gasteiger partial charge in [-0.2, -0.15) is 0 Å². The summed E-state index contributed by atoms with van der Waals surface area (Å²) in [6.45, 7) is 23.5. The first-order valence-electron chi connectivity index (χ1n) is 19.8. The molecule has 0 heterocycles. The van der Waals surface area contributed by atoms with Gasteiger partial charge in [0.2, 0.25) is 0 Å². The van der Waals surface area contributed by atoms with Crippen LogP contribution in [0.25, 0.3) is 0 Å².